The Morgan fingerprint density at radius 2 is 2.00 bits per heavy atom. The molecule has 164 valence electrons. The van der Waals surface area contributed by atoms with Crippen LogP contribution in [0.15, 0.2) is 40.1 Å². The topological polar surface area (TPSA) is 67.4 Å². The number of rotatable bonds is 6. The molecule has 31 heavy (non-hydrogen) atoms. The van der Waals surface area contributed by atoms with Crippen molar-refractivity contribution in [1.82, 2.24) is 24.6 Å². The van der Waals surface area contributed by atoms with E-state index >= 15 is 0 Å². The van der Waals surface area contributed by atoms with Gasteiger partial charge < -0.3 is 13.9 Å². The number of carbonyl (C=O) groups is 1. The molecule has 1 saturated heterocycles. The maximum Gasteiger partial charge on any atom is 0.233 e. The van der Waals surface area contributed by atoms with Crippen LogP contribution in [0.1, 0.15) is 11.3 Å². The molecule has 0 N–H and O–H groups in total. The van der Waals surface area contributed by atoms with Crippen LogP contribution in [0.5, 0.6) is 0 Å². The fourth-order valence-electron chi connectivity index (χ4n) is 3.57. The molecule has 0 atom stereocenters. The quantitative estimate of drug-likeness (QED) is 0.520. The van der Waals surface area contributed by atoms with E-state index in [1.807, 2.05) is 29.5 Å². The number of benzene rings is 1. The summed E-state index contributed by atoms with van der Waals surface area (Å²) in [6, 6.07) is 6.57. The van der Waals surface area contributed by atoms with Crippen LogP contribution in [-0.2, 0) is 18.4 Å². The van der Waals surface area contributed by atoms with Crippen molar-refractivity contribution in [1.29, 1.82) is 0 Å². The third-order valence-corrected chi connectivity index (χ3v) is 6.79. The van der Waals surface area contributed by atoms with Gasteiger partial charge in [0.25, 0.3) is 0 Å². The van der Waals surface area contributed by atoms with Crippen molar-refractivity contribution in [2.75, 3.05) is 31.9 Å². The van der Waals surface area contributed by atoms with E-state index in [-0.39, 0.29) is 17.5 Å². The van der Waals surface area contributed by atoms with E-state index in [4.69, 9.17) is 16.0 Å². The maximum atomic E-state index is 14.0. The molecular formula is C21H23ClFN5O2S. The van der Waals surface area contributed by atoms with Crippen LogP contribution in [0, 0.1) is 12.7 Å². The number of halogens is 2. The third kappa shape index (κ3) is 4.78. The smallest absolute Gasteiger partial charge is 0.233 e. The number of aryl methyl sites for hydroxylation is 1. The molecule has 10 heteroatoms. The summed E-state index contributed by atoms with van der Waals surface area (Å²) in [5.74, 6) is 1.53. The molecule has 0 saturated carbocycles. The van der Waals surface area contributed by atoms with Gasteiger partial charge in [-0.15, -0.1) is 10.2 Å². The predicted molar refractivity (Wildman–Crippen MR) is 117 cm³/mol. The molecule has 3 heterocycles. The van der Waals surface area contributed by atoms with Crippen LogP contribution >= 0.6 is 23.4 Å². The van der Waals surface area contributed by atoms with Gasteiger partial charge in [-0.2, -0.15) is 0 Å². The number of hydrogen-bond acceptors (Lipinski definition) is 6. The summed E-state index contributed by atoms with van der Waals surface area (Å²) in [4.78, 5) is 16.6. The maximum absolute atomic E-state index is 14.0. The van der Waals surface area contributed by atoms with E-state index in [2.05, 4.69) is 15.1 Å². The SMILES string of the molecule is Cc1occc1-c1nnc(SCC(=O)N2CCN(Cc3c(F)cccc3Cl)CC2)n1C. The number of piperazine rings is 1. The van der Waals surface area contributed by atoms with Crippen molar-refractivity contribution >= 4 is 29.3 Å². The first kappa shape index (κ1) is 21.9. The zero-order chi connectivity index (χ0) is 22.0. The molecule has 7 nitrogen and oxygen atoms in total. The van der Waals surface area contributed by atoms with E-state index in [0.29, 0.717) is 54.3 Å². The Labute approximate surface area is 189 Å². The summed E-state index contributed by atoms with van der Waals surface area (Å²) in [5, 5.41) is 9.56. The molecule has 1 aliphatic rings. The van der Waals surface area contributed by atoms with Gasteiger partial charge in [0.05, 0.1) is 17.6 Å². The Kier molecular flexibility index (Phi) is 6.64. The molecule has 0 radical (unpaired) electrons. The second kappa shape index (κ2) is 9.42. The van der Waals surface area contributed by atoms with Gasteiger partial charge in [0.1, 0.15) is 11.6 Å². The van der Waals surface area contributed by atoms with Crippen LogP contribution in [0.4, 0.5) is 4.39 Å². The largest absolute Gasteiger partial charge is 0.469 e. The van der Waals surface area contributed by atoms with E-state index < -0.39 is 0 Å². The average molecular weight is 464 g/mol. The Bertz CT molecular complexity index is 1060. The van der Waals surface area contributed by atoms with Gasteiger partial charge in [-0.3, -0.25) is 9.69 Å². The lowest BCUT2D eigenvalue weighted by Gasteiger charge is -2.34. The molecule has 1 aliphatic heterocycles. The third-order valence-electron chi connectivity index (χ3n) is 5.43. The van der Waals surface area contributed by atoms with Gasteiger partial charge in [0.2, 0.25) is 5.91 Å². The van der Waals surface area contributed by atoms with Crippen LogP contribution in [0.3, 0.4) is 0 Å². The summed E-state index contributed by atoms with van der Waals surface area (Å²) in [6.07, 6.45) is 1.62. The molecule has 0 bridgehead atoms. The minimum absolute atomic E-state index is 0.0533. The molecule has 0 aliphatic carbocycles. The molecule has 4 rings (SSSR count). The minimum Gasteiger partial charge on any atom is -0.469 e. The number of hydrogen-bond donors (Lipinski definition) is 0. The van der Waals surface area contributed by atoms with Gasteiger partial charge in [-0.1, -0.05) is 29.4 Å². The summed E-state index contributed by atoms with van der Waals surface area (Å²) in [6.45, 7) is 4.87. The highest BCUT2D eigenvalue weighted by Crippen LogP contribution is 2.26. The molecular weight excluding hydrogens is 441 g/mol. The monoisotopic (exact) mass is 463 g/mol. The molecule has 0 spiro atoms. The van der Waals surface area contributed by atoms with Crippen molar-refractivity contribution < 1.29 is 13.6 Å². The van der Waals surface area contributed by atoms with E-state index in [1.165, 1.54) is 17.8 Å². The highest BCUT2D eigenvalue weighted by Gasteiger charge is 2.23. The van der Waals surface area contributed by atoms with Crippen molar-refractivity contribution in [3.8, 4) is 11.4 Å². The normalized spacial score (nSPS) is 14.9. The van der Waals surface area contributed by atoms with Crippen molar-refractivity contribution in [3.05, 3.63) is 52.7 Å². The number of aromatic nitrogens is 3. The van der Waals surface area contributed by atoms with Crippen molar-refractivity contribution in [2.45, 2.75) is 18.6 Å². The lowest BCUT2D eigenvalue weighted by Crippen LogP contribution is -2.48. The Morgan fingerprint density at radius 1 is 1.23 bits per heavy atom. The summed E-state index contributed by atoms with van der Waals surface area (Å²) in [5.41, 5.74) is 1.39. The average Bonchev–Trinajstić information content (AvgIpc) is 3.34. The minimum atomic E-state index is -0.295. The first-order valence-electron chi connectivity index (χ1n) is 9.93. The summed E-state index contributed by atoms with van der Waals surface area (Å²) >= 11 is 7.50. The fourth-order valence-corrected chi connectivity index (χ4v) is 4.61. The second-order valence-corrected chi connectivity index (χ2v) is 8.75. The van der Waals surface area contributed by atoms with Crippen molar-refractivity contribution in [3.63, 3.8) is 0 Å². The van der Waals surface area contributed by atoms with Crippen LogP contribution in [0.2, 0.25) is 5.02 Å². The first-order valence-corrected chi connectivity index (χ1v) is 11.3. The van der Waals surface area contributed by atoms with Gasteiger partial charge in [0.15, 0.2) is 11.0 Å². The number of furan rings is 1. The Morgan fingerprint density at radius 3 is 2.68 bits per heavy atom. The fraction of sp³-hybridized carbons (Fsp3) is 0.381. The summed E-state index contributed by atoms with van der Waals surface area (Å²) in [7, 11) is 1.88. The van der Waals surface area contributed by atoms with E-state index in [9.17, 15) is 9.18 Å². The number of nitrogens with zero attached hydrogens (tertiary/aromatic N) is 5. The standard InChI is InChI=1S/C21H23ClFN5O2S/c1-14-15(6-11-30-14)20-24-25-21(26(20)2)31-13-19(29)28-9-7-27(8-10-28)12-16-17(22)4-3-5-18(16)23/h3-6,11H,7-10,12-13H2,1-2H3. The van der Waals surface area contributed by atoms with Crippen LogP contribution in [0.25, 0.3) is 11.4 Å². The Balaban J connectivity index is 1.29. The zero-order valence-corrected chi connectivity index (χ0v) is 18.9. The van der Waals surface area contributed by atoms with Crippen molar-refractivity contribution in [2.24, 2.45) is 7.05 Å². The number of amides is 1. The van der Waals surface area contributed by atoms with Crippen LogP contribution < -0.4 is 0 Å². The molecule has 1 fully saturated rings. The lowest BCUT2D eigenvalue weighted by atomic mass is 10.2. The molecule has 3 aromatic rings. The van der Waals surface area contributed by atoms with E-state index in [0.717, 1.165) is 11.3 Å². The van der Waals surface area contributed by atoms with Gasteiger partial charge >= 0.3 is 0 Å². The van der Waals surface area contributed by atoms with Gasteiger partial charge in [-0.05, 0) is 25.1 Å². The molecule has 0 unspecified atom stereocenters. The number of thioether (sulfide) groups is 1. The van der Waals surface area contributed by atoms with E-state index in [1.54, 1.807) is 18.4 Å². The Hall–Kier alpha value is -2.36. The molecule has 1 amide bonds. The number of carbonyl (C=O) groups excluding carboxylic acids is 1. The molecule has 1 aromatic carbocycles. The highest BCUT2D eigenvalue weighted by atomic mass is 35.5. The second-order valence-electron chi connectivity index (χ2n) is 7.40. The first-order chi connectivity index (χ1) is 14.9. The van der Waals surface area contributed by atoms with Crippen LogP contribution in [-0.4, -0.2) is 62.4 Å². The molecule has 2 aromatic heterocycles. The zero-order valence-electron chi connectivity index (χ0n) is 17.3. The van der Waals surface area contributed by atoms with Gasteiger partial charge in [-0.25, -0.2) is 4.39 Å². The predicted octanol–water partition coefficient (Wildman–Crippen LogP) is 3.61. The highest BCUT2D eigenvalue weighted by molar-refractivity contribution is 7.99. The van der Waals surface area contributed by atoms with Gasteiger partial charge in [0, 0.05) is 50.4 Å². The lowest BCUT2D eigenvalue weighted by molar-refractivity contribution is -0.130. The summed E-state index contributed by atoms with van der Waals surface area (Å²) < 4.78 is 21.2.